The number of hydrogen-bond donors (Lipinski definition) is 0. The topological polar surface area (TPSA) is 12.9 Å². The molecule has 0 amide bonds. The Morgan fingerprint density at radius 2 is 1.30 bits per heavy atom. The summed E-state index contributed by atoms with van der Waals surface area (Å²) in [6.45, 7) is 17.2. The Balaban J connectivity index is -0.0000000881. The first-order valence-electron chi connectivity index (χ1n) is 7.07. The van der Waals surface area contributed by atoms with Crippen molar-refractivity contribution in [3.05, 3.63) is 49.8 Å². The van der Waals surface area contributed by atoms with Crippen molar-refractivity contribution in [3.8, 4) is 0 Å². The zero-order valence-electron chi connectivity index (χ0n) is 13.5. The van der Waals surface area contributed by atoms with E-state index in [2.05, 4.69) is 62.5 Å². The Morgan fingerprint density at radius 3 is 1.40 bits per heavy atom. The van der Waals surface area contributed by atoms with E-state index in [0.29, 0.717) is 0 Å². The Labute approximate surface area is 153 Å². The second-order valence-electron chi connectivity index (χ2n) is 3.73. The van der Waals surface area contributed by atoms with Gasteiger partial charge in [0.2, 0.25) is 0 Å². The van der Waals surface area contributed by atoms with Crippen molar-refractivity contribution in [1.82, 2.24) is 4.98 Å². The van der Waals surface area contributed by atoms with Gasteiger partial charge in [0.05, 0.1) is 0 Å². The zero-order chi connectivity index (χ0) is 15.4. The Morgan fingerprint density at radius 1 is 0.950 bits per heavy atom. The Hall–Kier alpha value is 0.429. The fourth-order valence-electron chi connectivity index (χ4n) is 0.342. The first kappa shape index (κ1) is 28.6. The zero-order valence-corrected chi connectivity index (χ0v) is 17.9. The van der Waals surface area contributed by atoms with Crippen LogP contribution in [0.25, 0.3) is 0 Å². The molecule has 0 spiro atoms. The number of aromatic nitrogens is 1. The number of halogens is 1. The molecule has 1 aromatic rings. The van der Waals surface area contributed by atoms with E-state index in [4.69, 9.17) is 0 Å². The molecule has 1 aromatic heterocycles. The molecule has 7 radical (unpaired) electrons. The quantitative estimate of drug-likeness (QED) is 0.493. The largest absolute Gasteiger partial charge is 0.264 e. The minimum atomic E-state index is 0. The number of nitrogens with zero attached hydrogens (tertiary/aromatic N) is 1. The normalized spacial score (nSPS) is 7.55. The van der Waals surface area contributed by atoms with Crippen molar-refractivity contribution >= 4 is 39.8 Å². The van der Waals surface area contributed by atoms with Crippen molar-refractivity contribution in [2.45, 2.75) is 59.3 Å². The monoisotopic (exact) mass is 448 g/mol. The van der Waals surface area contributed by atoms with Crippen LogP contribution in [0.5, 0.6) is 0 Å². The molecule has 0 saturated heterocycles. The van der Waals surface area contributed by atoms with Gasteiger partial charge in [0, 0.05) is 40.8 Å². The van der Waals surface area contributed by atoms with E-state index in [1.807, 2.05) is 12.1 Å². The molecule has 0 saturated carbocycles. The molecule has 0 aliphatic carbocycles. The van der Waals surface area contributed by atoms with Crippen molar-refractivity contribution in [1.29, 1.82) is 0 Å². The third kappa shape index (κ3) is 42.9. The van der Waals surface area contributed by atoms with Crippen LogP contribution in [0.2, 0.25) is 0 Å². The van der Waals surface area contributed by atoms with Crippen LogP contribution in [-0.4, -0.2) is 28.9 Å². The molecule has 1 heterocycles. The summed E-state index contributed by atoms with van der Waals surface area (Å²) < 4.78 is 1.02. The summed E-state index contributed by atoms with van der Waals surface area (Å²) >= 11 is 3.25. The summed E-state index contributed by atoms with van der Waals surface area (Å²) in [6.07, 6.45) is 10.3. The number of unbranched alkanes of at least 4 members (excludes halogenated alkanes) is 3. The van der Waals surface area contributed by atoms with Gasteiger partial charge >= 0.3 is 0 Å². The van der Waals surface area contributed by atoms with Gasteiger partial charge < -0.3 is 0 Å². The van der Waals surface area contributed by atoms with E-state index in [1.54, 1.807) is 12.4 Å². The molecule has 1 rings (SSSR count). The molecule has 0 fully saturated rings. The molecular weight excluding hydrogens is 417 g/mol. The number of hydrogen-bond acceptors (Lipinski definition) is 1. The standard InChI is InChI=1S/C5H4BrN.3C4H9.Sn/c6-5-2-1-3-7-4-5;3*1-3-4-2;/h1-4H;3*1,3-4H2,2H3;. The molecule has 0 bridgehead atoms. The van der Waals surface area contributed by atoms with Gasteiger partial charge in [0.25, 0.3) is 0 Å². The summed E-state index contributed by atoms with van der Waals surface area (Å²) in [4.78, 5) is 3.84. The van der Waals surface area contributed by atoms with E-state index in [0.717, 1.165) is 23.7 Å². The van der Waals surface area contributed by atoms with E-state index in [9.17, 15) is 0 Å². The summed E-state index contributed by atoms with van der Waals surface area (Å²) in [5, 5.41) is 0. The molecule has 20 heavy (non-hydrogen) atoms. The van der Waals surface area contributed by atoms with Gasteiger partial charge in [-0.05, 0) is 28.1 Å². The van der Waals surface area contributed by atoms with Crippen LogP contribution in [0.4, 0.5) is 0 Å². The maximum absolute atomic E-state index is 3.84. The van der Waals surface area contributed by atoms with E-state index < -0.39 is 0 Å². The van der Waals surface area contributed by atoms with Crippen LogP contribution in [0, 0.1) is 20.8 Å². The van der Waals surface area contributed by atoms with Gasteiger partial charge in [-0.2, -0.15) is 0 Å². The fourth-order valence-corrected chi connectivity index (χ4v) is 0.613. The van der Waals surface area contributed by atoms with E-state index >= 15 is 0 Å². The fraction of sp³-hybridized carbons (Fsp3) is 0.529. The predicted octanol–water partition coefficient (Wildman–Crippen LogP) is 6.33. The second kappa shape index (κ2) is 31.7. The summed E-state index contributed by atoms with van der Waals surface area (Å²) in [6, 6.07) is 3.82. The minimum Gasteiger partial charge on any atom is -0.264 e. The van der Waals surface area contributed by atoms with Crippen LogP contribution in [0.1, 0.15) is 59.3 Å². The van der Waals surface area contributed by atoms with Crippen molar-refractivity contribution in [2.24, 2.45) is 0 Å². The van der Waals surface area contributed by atoms with Crippen molar-refractivity contribution in [2.75, 3.05) is 0 Å². The van der Waals surface area contributed by atoms with Crippen LogP contribution in [0.15, 0.2) is 29.0 Å². The third-order valence-electron chi connectivity index (χ3n) is 1.69. The first-order chi connectivity index (χ1) is 9.14. The third-order valence-corrected chi connectivity index (χ3v) is 2.16. The van der Waals surface area contributed by atoms with E-state index in [-0.39, 0.29) is 23.9 Å². The average Bonchev–Trinajstić information content (AvgIpc) is 2.48. The van der Waals surface area contributed by atoms with Crippen LogP contribution < -0.4 is 0 Å². The van der Waals surface area contributed by atoms with Gasteiger partial charge in [0.15, 0.2) is 0 Å². The Bertz CT molecular complexity index is 202. The van der Waals surface area contributed by atoms with E-state index in [1.165, 1.54) is 19.3 Å². The van der Waals surface area contributed by atoms with Crippen LogP contribution >= 0.6 is 15.9 Å². The van der Waals surface area contributed by atoms with Gasteiger partial charge in [-0.1, -0.05) is 80.1 Å². The van der Waals surface area contributed by atoms with Crippen LogP contribution in [-0.2, 0) is 0 Å². The maximum Gasteiger partial charge on any atom is 0.0410 e. The molecule has 0 N–H and O–H groups in total. The molecule has 115 valence electrons. The second-order valence-corrected chi connectivity index (χ2v) is 4.65. The molecule has 0 unspecified atom stereocenters. The maximum atomic E-state index is 3.84. The molecule has 3 heteroatoms. The first-order valence-corrected chi connectivity index (χ1v) is 7.86. The number of pyridine rings is 1. The average molecular weight is 448 g/mol. The number of rotatable bonds is 3. The minimum absolute atomic E-state index is 0. The summed E-state index contributed by atoms with van der Waals surface area (Å²) in [5.74, 6) is 0. The summed E-state index contributed by atoms with van der Waals surface area (Å²) in [7, 11) is 0. The van der Waals surface area contributed by atoms with Gasteiger partial charge in [-0.3, -0.25) is 4.98 Å². The molecule has 0 atom stereocenters. The van der Waals surface area contributed by atoms with Gasteiger partial charge in [-0.15, -0.1) is 0 Å². The van der Waals surface area contributed by atoms with Gasteiger partial charge in [0.1, 0.15) is 0 Å². The Kier molecular flexibility index (Phi) is 45.3. The molecular formula is C17H31BrNSn. The van der Waals surface area contributed by atoms with Crippen LogP contribution in [0.3, 0.4) is 0 Å². The molecule has 0 aromatic carbocycles. The predicted molar refractivity (Wildman–Crippen MR) is 98.5 cm³/mol. The smallest absolute Gasteiger partial charge is 0.0410 e. The molecule has 1 nitrogen and oxygen atoms in total. The molecule has 0 aliphatic rings. The van der Waals surface area contributed by atoms with Crippen molar-refractivity contribution in [3.63, 3.8) is 0 Å². The molecule has 0 aliphatic heterocycles. The van der Waals surface area contributed by atoms with Gasteiger partial charge in [-0.25, -0.2) is 0 Å². The SMILES string of the molecule is Brc1cccnc1.[CH2]CCC.[CH2]CCC.[CH2]CCC.[Sn]. The summed E-state index contributed by atoms with van der Waals surface area (Å²) in [5.41, 5.74) is 0. The van der Waals surface area contributed by atoms with Crippen molar-refractivity contribution < 1.29 is 0 Å².